The second-order valence-electron chi connectivity index (χ2n) is 3.82. The van der Waals surface area contributed by atoms with Gasteiger partial charge in [0, 0.05) is 0 Å². The lowest BCUT2D eigenvalue weighted by Crippen LogP contribution is -1.93. The van der Waals surface area contributed by atoms with Crippen molar-refractivity contribution in [2.45, 2.75) is 58.8 Å². The van der Waals surface area contributed by atoms with Crippen molar-refractivity contribution in [1.82, 2.24) is 6.15 Å². The van der Waals surface area contributed by atoms with Gasteiger partial charge in [-0.1, -0.05) is 52.0 Å². The highest BCUT2D eigenvalue weighted by Gasteiger charge is 1.98. The zero-order valence-corrected chi connectivity index (χ0v) is 9.52. The first-order chi connectivity index (χ1) is 5.81. The van der Waals surface area contributed by atoms with E-state index in [4.69, 9.17) is 0 Å². The Bertz CT molecular complexity index is 99.3. The zero-order chi connectivity index (χ0) is 9.23. The molecular weight excluding hydrogens is 158 g/mol. The topological polar surface area (TPSA) is 35.0 Å². The van der Waals surface area contributed by atoms with Crippen LogP contribution < -0.4 is 6.15 Å². The van der Waals surface area contributed by atoms with E-state index in [0.29, 0.717) is 0 Å². The van der Waals surface area contributed by atoms with E-state index in [0.717, 1.165) is 5.92 Å². The molecule has 0 aliphatic carbocycles. The van der Waals surface area contributed by atoms with Crippen LogP contribution in [0.2, 0.25) is 0 Å². The third-order valence-corrected chi connectivity index (χ3v) is 2.39. The molecule has 0 rings (SSSR count). The van der Waals surface area contributed by atoms with Crippen LogP contribution >= 0.6 is 0 Å². The van der Waals surface area contributed by atoms with Gasteiger partial charge in [-0.3, -0.25) is 0 Å². The highest BCUT2D eigenvalue weighted by molar-refractivity contribution is 4.65. The van der Waals surface area contributed by atoms with E-state index in [1.54, 1.807) is 0 Å². The Morgan fingerprint density at radius 2 is 1.85 bits per heavy atom. The van der Waals surface area contributed by atoms with Gasteiger partial charge in [0.15, 0.2) is 0 Å². The molecule has 1 atom stereocenters. The molecule has 0 fully saturated rings. The van der Waals surface area contributed by atoms with Crippen LogP contribution in [-0.4, -0.2) is 0 Å². The maximum absolute atomic E-state index is 3.72. The number of rotatable bonds is 8. The SMILES string of the molecule is C=CCCCCCC(C)CCC.N. The summed E-state index contributed by atoms with van der Waals surface area (Å²) in [7, 11) is 0. The molecule has 1 nitrogen and oxygen atoms in total. The standard InChI is InChI=1S/C12H24.H3N/c1-4-6-7-8-9-11-12(3)10-5-2;/h4,12H,1,5-11H2,2-3H3;1H3. The van der Waals surface area contributed by atoms with Crippen molar-refractivity contribution in [3.63, 3.8) is 0 Å². The summed E-state index contributed by atoms with van der Waals surface area (Å²) in [5.74, 6) is 0.943. The van der Waals surface area contributed by atoms with E-state index in [1.807, 2.05) is 6.08 Å². The molecule has 1 unspecified atom stereocenters. The molecule has 0 spiro atoms. The lowest BCUT2D eigenvalue weighted by atomic mass is 9.98. The molecule has 1 heteroatoms. The summed E-state index contributed by atoms with van der Waals surface area (Å²) >= 11 is 0. The van der Waals surface area contributed by atoms with Gasteiger partial charge in [0.25, 0.3) is 0 Å². The van der Waals surface area contributed by atoms with Crippen LogP contribution in [-0.2, 0) is 0 Å². The van der Waals surface area contributed by atoms with Gasteiger partial charge in [0.1, 0.15) is 0 Å². The lowest BCUT2D eigenvalue weighted by molar-refractivity contribution is 0.457. The Morgan fingerprint density at radius 3 is 2.38 bits per heavy atom. The van der Waals surface area contributed by atoms with Crippen molar-refractivity contribution in [3.8, 4) is 0 Å². The van der Waals surface area contributed by atoms with Crippen LogP contribution in [0, 0.1) is 5.92 Å². The number of unbranched alkanes of at least 4 members (excludes halogenated alkanes) is 3. The molecule has 0 aromatic carbocycles. The maximum atomic E-state index is 3.72. The molecule has 0 saturated heterocycles. The predicted molar refractivity (Wildman–Crippen MR) is 62.4 cm³/mol. The lowest BCUT2D eigenvalue weighted by Gasteiger charge is -2.08. The Labute approximate surface area is 84.2 Å². The minimum atomic E-state index is 0. The van der Waals surface area contributed by atoms with Gasteiger partial charge in [-0.25, -0.2) is 0 Å². The summed E-state index contributed by atoms with van der Waals surface area (Å²) in [6.45, 7) is 8.37. The third-order valence-electron chi connectivity index (χ3n) is 2.39. The molecule has 0 saturated carbocycles. The van der Waals surface area contributed by atoms with Crippen LogP contribution in [0.25, 0.3) is 0 Å². The quantitative estimate of drug-likeness (QED) is 0.431. The van der Waals surface area contributed by atoms with Gasteiger partial charge >= 0.3 is 0 Å². The van der Waals surface area contributed by atoms with E-state index < -0.39 is 0 Å². The van der Waals surface area contributed by atoms with Gasteiger partial charge in [0.05, 0.1) is 0 Å². The van der Waals surface area contributed by atoms with Crippen LogP contribution in [0.5, 0.6) is 0 Å². The van der Waals surface area contributed by atoms with Crippen molar-refractivity contribution >= 4 is 0 Å². The summed E-state index contributed by atoms with van der Waals surface area (Å²) in [5.41, 5.74) is 0. The van der Waals surface area contributed by atoms with Gasteiger partial charge in [-0.2, -0.15) is 0 Å². The maximum Gasteiger partial charge on any atom is -0.0353 e. The third kappa shape index (κ3) is 11.7. The van der Waals surface area contributed by atoms with E-state index >= 15 is 0 Å². The second kappa shape index (κ2) is 11.7. The second-order valence-corrected chi connectivity index (χ2v) is 3.82. The van der Waals surface area contributed by atoms with E-state index in [2.05, 4.69) is 20.4 Å². The molecule has 0 heterocycles. The van der Waals surface area contributed by atoms with E-state index in [1.165, 1.54) is 44.9 Å². The summed E-state index contributed by atoms with van der Waals surface area (Å²) < 4.78 is 0. The smallest absolute Gasteiger partial charge is 0.0353 e. The van der Waals surface area contributed by atoms with Crippen LogP contribution in [0.1, 0.15) is 58.8 Å². The first-order valence-electron chi connectivity index (χ1n) is 5.42. The Morgan fingerprint density at radius 1 is 1.15 bits per heavy atom. The van der Waals surface area contributed by atoms with E-state index in [9.17, 15) is 0 Å². The fourth-order valence-electron chi connectivity index (χ4n) is 1.60. The molecule has 3 N–H and O–H groups in total. The first-order valence-corrected chi connectivity index (χ1v) is 5.42. The van der Waals surface area contributed by atoms with Crippen molar-refractivity contribution in [1.29, 1.82) is 0 Å². The molecule has 0 aromatic heterocycles. The average molecular weight is 185 g/mol. The van der Waals surface area contributed by atoms with Crippen LogP contribution in [0.4, 0.5) is 0 Å². The van der Waals surface area contributed by atoms with Crippen molar-refractivity contribution < 1.29 is 0 Å². The Balaban J connectivity index is 0. The predicted octanol–water partition coefficient (Wildman–Crippen LogP) is 4.72. The molecule has 0 radical (unpaired) electrons. The zero-order valence-electron chi connectivity index (χ0n) is 9.52. The van der Waals surface area contributed by atoms with Gasteiger partial charge in [-0.05, 0) is 18.8 Å². The summed E-state index contributed by atoms with van der Waals surface area (Å²) in [6.07, 6.45) is 11.5. The minimum Gasteiger partial charge on any atom is -0.344 e. The van der Waals surface area contributed by atoms with Crippen LogP contribution in [0.15, 0.2) is 12.7 Å². The van der Waals surface area contributed by atoms with Gasteiger partial charge in [-0.15, -0.1) is 6.58 Å². The molecule has 80 valence electrons. The minimum absolute atomic E-state index is 0. The number of allylic oxidation sites excluding steroid dienone is 1. The van der Waals surface area contributed by atoms with E-state index in [-0.39, 0.29) is 6.15 Å². The number of hydrogen-bond acceptors (Lipinski definition) is 1. The molecule has 0 aliphatic rings. The van der Waals surface area contributed by atoms with Crippen LogP contribution in [0.3, 0.4) is 0 Å². The van der Waals surface area contributed by atoms with Crippen molar-refractivity contribution in [2.24, 2.45) is 5.92 Å². The molecule has 13 heavy (non-hydrogen) atoms. The fourth-order valence-corrected chi connectivity index (χ4v) is 1.60. The largest absolute Gasteiger partial charge is 0.344 e. The average Bonchev–Trinajstić information content (AvgIpc) is 2.05. The molecule has 0 aliphatic heterocycles. The van der Waals surface area contributed by atoms with Crippen molar-refractivity contribution in [3.05, 3.63) is 12.7 Å². The normalized spacial score (nSPS) is 11.8. The highest BCUT2D eigenvalue weighted by Crippen LogP contribution is 2.14. The molecule has 0 bridgehead atoms. The Hall–Kier alpha value is -0.300. The van der Waals surface area contributed by atoms with Crippen molar-refractivity contribution in [2.75, 3.05) is 0 Å². The van der Waals surface area contributed by atoms with Gasteiger partial charge in [0.2, 0.25) is 0 Å². The molecule has 0 aromatic rings. The summed E-state index contributed by atoms with van der Waals surface area (Å²) in [4.78, 5) is 0. The fraction of sp³-hybridized carbons (Fsp3) is 0.833. The number of hydrogen-bond donors (Lipinski definition) is 1. The Kier molecular flexibility index (Phi) is 13.7. The highest BCUT2D eigenvalue weighted by atomic mass is 14.0. The summed E-state index contributed by atoms with van der Waals surface area (Å²) in [5, 5.41) is 0. The monoisotopic (exact) mass is 185 g/mol. The molecule has 0 amide bonds. The first kappa shape index (κ1) is 15.2. The molecular formula is C12H27N. The summed E-state index contributed by atoms with van der Waals surface area (Å²) in [6, 6.07) is 0. The van der Waals surface area contributed by atoms with Gasteiger partial charge < -0.3 is 6.15 Å².